The van der Waals surface area contributed by atoms with E-state index in [4.69, 9.17) is 4.74 Å². The van der Waals surface area contributed by atoms with E-state index < -0.39 is 26.1 Å². The van der Waals surface area contributed by atoms with E-state index in [0.717, 1.165) is 12.8 Å². The van der Waals surface area contributed by atoms with E-state index in [-0.39, 0.29) is 11.5 Å². The molecule has 1 heterocycles. The summed E-state index contributed by atoms with van der Waals surface area (Å²) in [6, 6.07) is 6.05. The van der Waals surface area contributed by atoms with Crippen LogP contribution in [-0.2, 0) is 20.0 Å². The third-order valence-electron chi connectivity index (χ3n) is 4.34. The van der Waals surface area contributed by atoms with Gasteiger partial charge in [-0.3, -0.25) is 4.31 Å². The van der Waals surface area contributed by atoms with Gasteiger partial charge in [0.05, 0.1) is 30.3 Å². The van der Waals surface area contributed by atoms with Crippen molar-refractivity contribution in [1.82, 2.24) is 4.31 Å². The van der Waals surface area contributed by atoms with Crippen LogP contribution in [-0.4, -0.2) is 59.4 Å². The summed E-state index contributed by atoms with van der Waals surface area (Å²) in [6.45, 7) is 2.39. The number of nitrogens with zero attached hydrogens (tertiary/aromatic N) is 2. The molecule has 0 spiro atoms. The third-order valence-corrected chi connectivity index (χ3v) is 8.06. The maximum absolute atomic E-state index is 13.1. The largest absolute Gasteiger partial charge is 0.497 e. The quantitative estimate of drug-likeness (QED) is 0.674. The van der Waals surface area contributed by atoms with E-state index in [1.54, 1.807) is 24.3 Å². The summed E-state index contributed by atoms with van der Waals surface area (Å²) in [5, 5.41) is 0. The van der Waals surface area contributed by atoms with Gasteiger partial charge in [-0.1, -0.05) is 13.3 Å². The number of hydrogen-bond acceptors (Lipinski definition) is 5. The second-order valence-corrected chi connectivity index (χ2v) is 10.4. The van der Waals surface area contributed by atoms with Gasteiger partial charge in [0.2, 0.25) is 0 Å². The molecule has 142 valence electrons. The minimum Gasteiger partial charge on any atom is -0.497 e. The van der Waals surface area contributed by atoms with Gasteiger partial charge in [-0.2, -0.15) is 12.7 Å². The molecule has 1 fully saturated rings. The van der Waals surface area contributed by atoms with Crippen LogP contribution in [0.1, 0.15) is 26.2 Å². The average molecular weight is 391 g/mol. The number of ether oxygens (including phenoxy) is 1. The second kappa shape index (κ2) is 7.92. The minimum atomic E-state index is -3.82. The van der Waals surface area contributed by atoms with E-state index in [2.05, 4.69) is 0 Å². The summed E-state index contributed by atoms with van der Waals surface area (Å²) in [4.78, 5) is 0. The predicted octanol–water partition coefficient (Wildman–Crippen LogP) is 1.67. The lowest BCUT2D eigenvalue weighted by molar-refractivity contribution is 0.414. The van der Waals surface area contributed by atoms with Crippen molar-refractivity contribution in [3.05, 3.63) is 24.3 Å². The van der Waals surface area contributed by atoms with Crippen molar-refractivity contribution in [2.75, 3.05) is 36.5 Å². The normalized spacial score (nSPS) is 19.9. The Kier molecular flexibility index (Phi) is 6.34. The van der Waals surface area contributed by atoms with Crippen molar-refractivity contribution in [2.24, 2.45) is 0 Å². The van der Waals surface area contributed by atoms with Gasteiger partial charge in [-0.25, -0.2) is 8.42 Å². The van der Waals surface area contributed by atoms with Crippen molar-refractivity contribution in [2.45, 2.75) is 32.2 Å². The van der Waals surface area contributed by atoms with Crippen LogP contribution in [0, 0.1) is 0 Å². The first-order valence-corrected chi connectivity index (χ1v) is 11.5. The number of methoxy groups -OCH3 is 1. The Bertz CT molecular complexity index is 775. The Hall–Kier alpha value is -1.32. The first-order chi connectivity index (χ1) is 11.7. The van der Waals surface area contributed by atoms with Gasteiger partial charge in [0.1, 0.15) is 5.75 Å². The van der Waals surface area contributed by atoms with E-state index in [9.17, 15) is 16.8 Å². The molecule has 7 nitrogen and oxygen atoms in total. The molecule has 0 amide bonds. The molecule has 1 atom stereocenters. The molecule has 0 unspecified atom stereocenters. The highest BCUT2D eigenvalue weighted by Crippen LogP contribution is 2.30. The number of benzene rings is 1. The Balaban J connectivity index is 2.41. The summed E-state index contributed by atoms with van der Waals surface area (Å²) in [7, 11) is -3.97. The van der Waals surface area contributed by atoms with Crippen LogP contribution in [0.5, 0.6) is 5.75 Å². The molecule has 1 saturated heterocycles. The Morgan fingerprint density at radius 2 is 1.88 bits per heavy atom. The van der Waals surface area contributed by atoms with Gasteiger partial charge >= 0.3 is 10.2 Å². The fourth-order valence-electron chi connectivity index (χ4n) is 2.87. The third kappa shape index (κ3) is 4.65. The zero-order chi connectivity index (χ0) is 18.7. The van der Waals surface area contributed by atoms with Crippen molar-refractivity contribution in [3.8, 4) is 5.75 Å². The van der Waals surface area contributed by atoms with Crippen molar-refractivity contribution < 1.29 is 21.6 Å². The van der Waals surface area contributed by atoms with Gasteiger partial charge in [0, 0.05) is 13.6 Å². The lowest BCUT2D eigenvalue weighted by Crippen LogP contribution is -2.48. The van der Waals surface area contributed by atoms with E-state index in [1.165, 1.54) is 22.8 Å². The van der Waals surface area contributed by atoms with Crippen LogP contribution in [0.4, 0.5) is 5.69 Å². The molecule has 0 aromatic heterocycles. The molecule has 0 bridgehead atoms. The molecular formula is C16H26N2O5S2. The van der Waals surface area contributed by atoms with Crippen molar-refractivity contribution >= 4 is 25.7 Å². The lowest BCUT2D eigenvalue weighted by Gasteiger charge is -2.33. The standard InChI is InChI=1S/C16H26N2O5S2/c1-4-5-11-17(2)25(21,22)18(15-10-12-24(19,20)13-15)14-6-8-16(23-3)9-7-14/h6-9,15H,4-5,10-13H2,1-3H3/t15-/m1/s1. The van der Waals surface area contributed by atoms with Crippen LogP contribution in [0.3, 0.4) is 0 Å². The molecule has 2 rings (SSSR count). The maximum Gasteiger partial charge on any atom is 0.304 e. The lowest BCUT2D eigenvalue weighted by atomic mass is 10.2. The molecule has 1 aliphatic heterocycles. The summed E-state index contributed by atoms with van der Waals surface area (Å²) in [6.07, 6.45) is 1.92. The first kappa shape index (κ1) is 20.0. The first-order valence-electron chi connectivity index (χ1n) is 8.31. The smallest absolute Gasteiger partial charge is 0.304 e. The van der Waals surface area contributed by atoms with Crippen LogP contribution >= 0.6 is 0 Å². The zero-order valence-electron chi connectivity index (χ0n) is 14.9. The number of hydrogen-bond donors (Lipinski definition) is 0. The minimum absolute atomic E-state index is 0.0124. The highest BCUT2D eigenvalue weighted by molar-refractivity contribution is 7.92. The Morgan fingerprint density at radius 3 is 2.36 bits per heavy atom. The zero-order valence-corrected chi connectivity index (χ0v) is 16.5. The van der Waals surface area contributed by atoms with Gasteiger partial charge in [-0.15, -0.1) is 0 Å². The van der Waals surface area contributed by atoms with Crippen LogP contribution in [0.15, 0.2) is 24.3 Å². The number of rotatable bonds is 8. The van der Waals surface area contributed by atoms with Crippen LogP contribution in [0.2, 0.25) is 0 Å². The van der Waals surface area contributed by atoms with Gasteiger partial charge < -0.3 is 4.74 Å². The number of unbranched alkanes of at least 4 members (excludes halogenated alkanes) is 1. The summed E-state index contributed by atoms with van der Waals surface area (Å²) < 4.78 is 57.7. The monoisotopic (exact) mass is 390 g/mol. The molecule has 9 heteroatoms. The molecular weight excluding hydrogens is 364 g/mol. The summed E-state index contributed by atoms with van der Waals surface area (Å²) in [5.41, 5.74) is 0.450. The van der Waals surface area contributed by atoms with E-state index in [0.29, 0.717) is 24.4 Å². The fraction of sp³-hybridized carbons (Fsp3) is 0.625. The molecule has 0 aliphatic carbocycles. The van der Waals surface area contributed by atoms with Crippen LogP contribution in [0.25, 0.3) is 0 Å². The molecule has 1 aromatic carbocycles. The van der Waals surface area contributed by atoms with Gasteiger partial charge in [0.25, 0.3) is 0 Å². The highest BCUT2D eigenvalue weighted by Gasteiger charge is 2.39. The van der Waals surface area contributed by atoms with E-state index >= 15 is 0 Å². The summed E-state index contributed by atoms with van der Waals surface area (Å²) >= 11 is 0. The van der Waals surface area contributed by atoms with E-state index in [1.807, 2.05) is 6.92 Å². The topological polar surface area (TPSA) is 84.0 Å². The predicted molar refractivity (Wildman–Crippen MR) is 99.0 cm³/mol. The van der Waals surface area contributed by atoms with Gasteiger partial charge in [0.15, 0.2) is 9.84 Å². The second-order valence-electron chi connectivity index (χ2n) is 6.23. The van der Waals surface area contributed by atoms with Gasteiger partial charge in [-0.05, 0) is 37.1 Å². The number of sulfone groups is 1. The Morgan fingerprint density at radius 1 is 1.24 bits per heavy atom. The molecule has 1 aliphatic rings. The molecule has 25 heavy (non-hydrogen) atoms. The number of anilines is 1. The van der Waals surface area contributed by atoms with Crippen molar-refractivity contribution in [3.63, 3.8) is 0 Å². The maximum atomic E-state index is 13.1. The molecule has 0 saturated carbocycles. The average Bonchev–Trinajstić information content (AvgIpc) is 2.92. The molecule has 0 radical (unpaired) electrons. The highest BCUT2D eigenvalue weighted by atomic mass is 32.2. The van der Waals surface area contributed by atoms with Crippen molar-refractivity contribution in [1.29, 1.82) is 0 Å². The fourth-order valence-corrected chi connectivity index (χ4v) is 6.27. The SMILES string of the molecule is CCCCN(C)S(=O)(=O)N(c1ccc(OC)cc1)[C@@H]1CCS(=O)(=O)C1. The summed E-state index contributed by atoms with van der Waals surface area (Å²) in [5.74, 6) is 0.470. The van der Waals surface area contributed by atoms with Crippen LogP contribution < -0.4 is 9.04 Å². The molecule has 1 aromatic rings. The Labute approximate surface area is 150 Å². The molecule has 0 N–H and O–H groups in total.